The molecule has 0 saturated heterocycles. The van der Waals surface area contributed by atoms with Crippen LogP contribution in [0.1, 0.15) is 31.0 Å². The molecule has 1 unspecified atom stereocenters. The summed E-state index contributed by atoms with van der Waals surface area (Å²) in [6, 6.07) is 13.2. The van der Waals surface area contributed by atoms with Gasteiger partial charge in [-0.3, -0.25) is 9.69 Å². The first-order valence-corrected chi connectivity index (χ1v) is 8.06. The van der Waals surface area contributed by atoms with Gasteiger partial charge in [-0.05, 0) is 37.1 Å². The highest BCUT2D eigenvalue weighted by Gasteiger charge is 2.32. The maximum absolute atomic E-state index is 12.5. The number of rotatable bonds is 5. The van der Waals surface area contributed by atoms with Crippen molar-refractivity contribution in [2.24, 2.45) is 0 Å². The average Bonchev–Trinajstić information content (AvgIpc) is 2.61. The Hall–Kier alpha value is -2.53. The zero-order valence-electron chi connectivity index (χ0n) is 13.9. The molecule has 1 atom stereocenters. The predicted octanol–water partition coefficient (Wildman–Crippen LogP) is 3.06. The van der Waals surface area contributed by atoms with E-state index in [0.717, 1.165) is 5.56 Å². The van der Waals surface area contributed by atoms with Gasteiger partial charge in [-0.1, -0.05) is 30.3 Å². The first-order chi connectivity index (χ1) is 11.7. The number of benzene rings is 2. The second-order valence-corrected chi connectivity index (χ2v) is 5.67. The maximum atomic E-state index is 12.5. The van der Waals surface area contributed by atoms with Crippen molar-refractivity contribution in [2.75, 3.05) is 18.1 Å². The van der Waals surface area contributed by atoms with Crippen molar-refractivity contribution in [3.8, 4) is 11.5 Å². The van der Waals surface area contributed by atoms with Gasteiger partial charge in [-0.2, -0.15) is 0 Å². The van der Waals surface area contributed by atoms with Crippen molar-refractivity contribution >= 4 is 11.6 Å². The maximum Gasteiger partial charge on any atom is 0.265 e. The van der Waals surface area contributed by atoms with Crippen LogP contribution in [0.3, 0.4) is 0 Å². The fourth-order valence-corrected chi connectivity index (χ4v) is 2.96. The molecule has 0 radical (unpaired) electrons. The molecule has 2 aromatic carbocycles. The molecule has 0 saturated carbocycles. The van der Waals surface area contributed by atoms with Gasteiger partial charge in [0.25, 0.3) is 5.91 Å². The van der Waals surface area contributed by atoms with E-state index >= 15 is 0 Å². The quantitative estimate of drug-likeness (QED) is 0.917. The summed E-state index contributed by atoms with van der Waals surface area (Å²) in [7, 11) is 0. The Kier molecular flexibility index (Phi) is 4.71. The van der Waals surface area contributed by atoms with Crippen LogP contribution in [0.2, 0.25) is 0 Å². The lowest BCUT2D eigenvalue weighted by atomic mass is 10.0. The fourth-order valence-electron chi connectivity index (χ4n) is 2.96. The standard InChI is InChI=1S/C19H21NO4/c1-3-23-17-10-14(11-21)9-16-19(17)24-12-18(22)20(16)13(2)15-7-5-4-6-8-15/h4-10,13,21H,3,11-12H2,1-2H3. The molecule has 1 amide bonds. The first-order valence-electron chi connectivity index (χ1n) is 8.06. The lowest BCUT2D eigenvalue weighted by molar-refractivity contribution is -0.121. The Morgan fingerprint density at radius 3 is 2.71 bits per heavy atom. The van der Waals surface area contributed by atoms with Crippen LogP contribution in [0.15, 0.2) is 42.5 Å². The first kappa shape index (κ1) is 16.3. The normalized spacial score (nSPS) is 14.8. The highest BCUT2D eigenvalue weighted by atomic mass is 16.5. The van der Waals surface area contributed by atoms with Crippen LogP contribution in [-0.2, 0) is 11.4 Å². The van der Waals surface area contributed by atoms with Crippen LogP contribution in [0.4, 0.5) is 5.69 Å². The number of hydrogen-bond donors (Lipinski definition) is 1. The molecule has 0 spiro atoms. The van der Waals surface area contributed by atoms with Gasteiger partial charge in [0.1, 0.15) is 0 Å². The van der Waals surface area contributed by atoms with Crippen LogP contribution in [0.5, 0.6) is 11.5 Å². The van der Waals surface area contributed by atoms with Crippen LogP contribution in [0.25, 0.3) is 0 Å². The number of fused-ring (bicyclic) bond motifs is 1. The van der Waals surface area contributed by atoms with Crippen LogP contribution in [0, 0.1) is 0 Å². The summed E-state index contributed by atoms with van der Waals surface area (Å²) < 4.78 is 11.3. The van der Waals surface area contributed by atoms with Crippen molar-refractivity contribution in [2.45, 2.75) is 26.5 Å². The van der Waals surface area contributed by atoms with Gasteiger partial charge in [0.15, 0.2) is 18.1 Å². The minimum atomic E-state index is -0.148. The summed E-state index contributed by atoms with van der Waals surface area (Å²) in [5, 5.41) is 9.54. The van der Waals surface area contributed by atoms with E-state index in [4.69, 9.17) is 9.47 Å². The Morgan fingerprint density at radius 2 is 2.04 bits per heavy atom. The SMILES string of the molecule is CCOc1cc(CO)cc2c1OCC(=O)N2C(C)c1ccccc1. The minimum absolute atomic E-state index is 0.0251. The molecule has 0 fully saturated rings. The Labute approximate surface area is 141 Å². The third kappa shape index (κ3) is 2.95. The van der Waals surface area contributed by atoms with E-state index in [9.17, 15) is 9.90 Å². The summed E-state index contributed by atoms with van der Waals surface area (Å²) in [6.45, 7) is 4.19. The highest BCUT2D eigenvalue weighted by molar-refractivity contribution is 5.99. The zero-order valence-corrected chi connectivity index (χ0v) is 13.9. The van der Waals surface area contributed by atoms with E-state index in [2.05, 4.69) is 0 Å². The molecular weight excluding hydrogens is 306 g/mol. The summed E-state index contributed by atoms with van der Waals surface area (Å²) in [5.41, 5.74) is 2.35. The van der Waals surface area contributed by atoms with Gasteiger partial charge in [-0.15, -0.1) is 0 Å². The van der Waals surface area contributed by atoms with E-state index in [1.807, 2.05) is 44.2 Å². The third-order valence-corrected chi connectivity index (χ3v) is 4.11. The van der Waals surface area contributed by atoms with E-state index < -0.39 is 0 Å². The number of ether oxygens (including phenoxy) is 2. The van der Waals surface area contributed by atoms with Crippen molar-refractivity contribution in [1.82, 2.24) is 0 Å². The van der Waals surface area contributed by atoms with Crippen molar-refractivity contribution in [3.05, 3.63) is 53.6 Å². The molecular formula is C19H21NO4. The van der Waals surface area contributed by atoms with Gasteiger partial charge in [0, 0.05) is 0 Å². The molecule has 3 rings (SSSR count). The lowest BCUT2D eigenvalue weighted by Gasteiger charge is -2.35. The molecule has 24 heavy (non-hydrogen) atoms. The molecule has 2 aromatic rings. The van der Waals surface area contributed by atoms with Gasteiger partial charge in [0.2, 0.25) is 0 Å². The zero-order chi connectivity index (χ0) is 17.1. The third-order valence-electron chi connectivity index (χ3n) is 4.11. The predicted molar refractivity (Wildman–Crippen MR) is 91.4 cm³/mol. The summed E-state index contributed by atoms with van der Waals surface area (Å²) in [4.78, 5) is 14.3. The number of nitrogens with zero attached hydrogens (tertiary/aromatic N) is 1. The molecule has 1 N–H and O–H groups in total. The number of carbonyl (C=O) groups is 1. The highest BCUT2D eigenvalue weighted by Crippen LogP contribution is 2.44. The summed E-state index contributed by atoms with van der Waals surface area (Å²) >= 11 is 0. The molecule has 126 valence electrons. The summed E-state index contributed by atoms with van der Waals surface area (Å²) in [6.07, 6.45) is 0. The molecule has 5 nitrogen and oxygen atoms in total. The smallest absolute Gasteiger partial charge is 0.265 e. The van der Waals surface area contributed by atoms with Crippen molar-refractivity contribution < 1.29 is 19.4 Å². The molecule has 0 aromatic heterocycles. The molecule has 0 bridgehead atoms. The van der Waals surface area contributed by atoms with Crippen LogP contribution in [-0.4, -0.2) is 24.2 Å². The number of hydrogen-bond acceptors (Lipinski definition) is 4. The molecule has 1 aliphatic rings. The monoisotopic (exact) mass is 327 g/mol. The van der Waals surface area contributed by atoms with E-state index in [0.29, 0.717) is 29.4 Å². The van der Waals surface area contributed by atoms with E-state index in [1.54, 1.807) is 17.0 Å². The van der Waals surface area contributed by atoms with E-state index in [1.165, 1.54) is 0 Å². The molecule has 1 heterocycles. The molecule has 0 aliphatic carbocycles. The minimum Gasteiger partial charge on any atom is -0.490 e. The molecule has 1 aliphatic heterocycles. The number of carbonyl (C=O) groups excluding carboxylic acids is 1. The van der Waals surface area contributed by atoms with Crippen molar-refractivity contribution in [3.63, 3.8) is 0 Å². The topological polar surface area (TPSA) is 59.0 Å². The van der Waals surface area contributed by atoms with Gasteiger partial charge >= 0.3 is 0 Å². The number of aliphatic hydroxyl groups is 1. The van der Waals surface area contributed by atoms with Gasteiger partial charge < -0.3 is 14.6 Å². The lowest BCUT2D eigenvalue weighted by Crippen LogP contribution is -2.40. The van der Waals surface area contributed by atoms with Gasteiger partial charge in [0.05, 0.1) is 24.9 Å². The molecule has 5 heteroatoms. The number of aliphatic hydroxyl groups excluding tert-OH is 1. The summed E-state index contributed by atoms with van der Waals surface area (Å²) in [5.74, 6) is 0.990. The van der Waals surface area contributed by atoms with Crippen LogP contribution >= 0.6 is 0 Å². The van der Waals surface area contributed by atoms with Gasteiger partial charge in [-0.25, -0.2) is 0 Å². The Bertz CT molecular complexity index is 730. The largest absolute Gasteiger partial charge is 0.490 e. The average molecular weight is 327 g/mol. The number of anilines is 1. The number of amides is 1. The second-order valence-electron chi connectivity index (χ2n) is 5.67. The van der Waals surface area contributed by atoms with Crippen molar-refractivity contribution in [1.29, 1.82) is 0 Å². The fraction of sp³-hybridized carbons (Fsp3) is 0.316. The Balaban J connectivity index is 2.09. The van der Waals surface area contributed by atoms with Crippen LogP contribution < -0.4 is 14.4 Å². The second kappa shape index (κ2) is 6.93. The van der Waals surface area contributed by atoms with E-state index in [-0.39, 0.29) is 25.2 Å². The Morgan fingerprint density at radius 1 is 1.29 bits per heavy atom.